The second-order valence-electron chi connectivity index (χ2n) is 4.65. The molecule has 1 amide bonds. The Morgan fingerprint density at radius 2 is 2.11 bits per heavy atom. The zero-order chi connectivity index (χ0) is 14.6. The summed E-state index contributed by atoms with van der Waals surface area (Å²) in [5.41, 5.74) is 4.83. The van der Waals surface area contributed by atoms with E-state index >= 15 is 0 Å². The molecule has 0 bridgehead atoms. The summed E-state index contributed by atoms with van der Waals surface area (Å²) in [6, 6.07) is 2.44. The molecule has 6 heteroatoms. The van der Waals surface area contributed by atoms with Gasteiger partial charge in [-0.25, -0.2) is 8.78 Å². The first-order chi connectivity index (χ1) is 8.85. The fraction of sp³-hybridized carbons (Fsp3) is 0.385. The van der Waals surface area contributed by atoms with E-state index in [4.69, 9.17) is 11.0 Å². The third kappa shape index (κ3) is 3.91. The Morgan fingerprint density at radius 1 is 1.47 bits per heavy atom. The number of hydrogen-bond donors (Lipinski definition) is 2. The van der Waals surface area contributed by atoms with Crippen molar-refractivity contribution in [2.24, 2.45) is 11.7 Å². The highest BCUT2D eigenvalue weighted by molar-refractivity contribution is 5.83. The van der Waals surface area contributed by atoms with Gasteiger partial charge in [-0.15, -0.1) is 0 Å². The van der Waals surface area contributed by atoms with Gasteiger partial charge in [0.15, 0.2) is 0 Å². The van der Waals surface area contributed by atoms with Gasteiger partial charge in [-0.1, -0.05) is 13.8 Å². The quantitative estimate of drug-likeness (QED) is 0.857. The standard InChI is InChI=1S/C13H15F2N3O/c1-7(2)3-12(13(17)19)18-11-5-8(14)4-10(15)9(11)6-16/h4-5,7,12,18H,3H2,1-2H3,(H2,17,19)/t12-/m1/s1. The number of nitriles is 1. The maximum absolute atomic E-state index is 13.4. The number of carbonyl (C=O) groups excluding carboxylic acids is 1. The molecule has 3 N–H and O–H groups in total. The first-order valence-corrected chi connectivity index (χ1v) is 5.80. The Hall–Kier alpha value is -2.16. The molecule has 0 heterocycles. The van der Waals surface area contributed by atoms with Crippen molar-refractivity contribution in [3.8, 4) is 6.07 Å². The van der Waals surface area contributed by atoms with Crippen molar-refractivity contribution in [2.75, 3.05) is 5.32 Å². The molecule has 0 saturated carbocycles. The minimum atomic E-state index is -0.974. The van der Waals surface area contributed by atoms with Gasteiger partial charge in [0.25, 0.3) is 0 Å². The molecule has 0 aliphatic heterocycles. The molecule has 4 nitrogen and oxygen atoms in total. The normalized spacial score (nSPS) is 12.0. The van der Waals surface area contributed by atoms with Crippen LogP contribution in [0.15, 0.2) is 12.1 Å². The van der Waals surface area contributed by atoms with Crippen molar-refractivity contribution in [3.05, 3.63) is 29.3 Å². The van der Waals surface area contributed by atoms with Crippen LogP contribution < -0.4 is 11.1 Å². The first kappa shape index (κ1) is 14.9. The molecule has 1 aromatic carbocycles. The smallest absolute Gasteiger partial charge is 0.239 e. The van der Waals surface area contributed by atoms with Crippen LogP contribution in [0.4, 0.5) is 14.5 Å². The Labute approximate surface area is 110 Å². The second kappa shape index (κ2) is 6.14. The maximum atomic E-state index is 13.4. The van der Waals surface area contributed by atoms with Crippen LogP contribution in [0, 0.1) is 28.9 Å². The molecule has 0 fully saturated rings. The van der Waals surface area contributed by atoms with E-state index in [0.717, 1.165) is 6.07 Å². The number of rotatable bonds is 5. The number of primary amides is 1. The van der Waals surface area contributed by atoms with Crippen LogP contribution in [0.2, 0.25) is 0 Å². The first-order valence-electron chi connectivity index (χ1n) is 5.80. The van der Waals surface area contributed by atoms with E-state index < -0.39 is 23.6 Å². The Balaban J connectivity index is 3.09. The number of nitrogens with two attached hydrogens (primary N) is 1. The van der Waals surface area contributed by atoms with Crippen molar-refractivity contribution in [2.45, 2.75) is 26.3 Å². The van der Waals surface area contributed by atoms with Gasteiger partial charge in [0.1, 0.15) is 29.3 Å². The number of halogens is 2. The molecule has 0 saturated heterocycles. The van der Waals surface area contributed by atoms with Crippen molar-refractivity contribution in [1.29, 1.82) is 5.26 Å². The number of benzene rings is 1. The topological polar surface area (TPSA) is 78.9 Å². The SMILES string of the molecule is CC(C)C[C@@H](Nc1cc(F)cc(F)c1C#N)C(N)=O. The van der Waals surface area contributed by atoms with Crippen LogP contribution >= 0.6 is 0 Å². The minimum absolute atomic E-state index is 0.0653. The Morgan fingerprint density at radius 3 is 2.58 bits per heavy atom. The van der Waals surface area contributed by atoms with Gasteiger partial charge < -0.3 is 11.1 Å². The van der Waals surface area contributed by atoms with Crippen molar-refractivity contribution < 1.29 is 13.6 Å². The van der Waals surface area contributed by atoms with Crippen molar-refractivity contribution in [3.63, 3.8) is 0 Å². The van der Waals surface area contributed by atoms with Gasteiger partial charge in [0.2, 0.25) is 5.91 Å². The fourth-order valence-electron chi connectivity index (χ4n) is 1.71. The lowest BCUT2D eigenvalue weighted by Crippen LogP contribution is -2.36. The fourth-order valence-corrected chi connectivity index (χ4v) is 1.71. The summed E-state index contributed by atoms with van der Waals surface area (Å²) in [6.45, 7) is 3.77. The molecular formula is C13H15F2N3O. The third-order valence-corrected chi connectivity index (χ3v) is 2.55. The molecular weight excluding hydrogens is 252 g/mol. The van der Waals surface area contributed by atoms with Gasteiger partial charge in [-0.2, -0.15) is 5.26 Å². The summed E-state index contributed by atoms with van der Waals surface area (Å²) in [5, 5.41) is 11.5. The zero-order valence-corrected chi connectivity index (χ0v) is 10.7. The van der Waals surface area contributed by atoms with E-state index in [2.05, 4.69) is 5.32 Å². The number of nitrogens with one attached hydrogen (secondary N) is 1. The average Bonchev–Trinajstić information content (AvgIpc) is 2.26. The van der Waals surface area contributed by atoms with E-state index in [1.807, 2.05) is 13.8 Å². The molecule has 0 unspecified atom stereocenters. The molecule has 19 heavy (non-hydrogen) atoms. The summed E-state index contributed by atoms with van der Waals surface area (Å²) >= 11 is 0. The third-order valence-electron chi connectivity index (χ3n) is 2.55. The molecule has 1 atom stereocenters. The second-order valence-corrected chi connectivity index (χ2v) is 4.65. The van der Waals surface area contributed by atoms with Gasteiger partial charge >= 0.3 is 0 Å². The predicted octanol–water partition coefficient (Wildman–Crippen LogP) is 2.15. The van der Waals surface area contributed by atoms with Crippen LogP contribution in [0.3, 0.4) is 0 Å². The van der Waals surface area contributed by atoms with Crippen LogP contribution in [0.1, 0.15) is 25.8 Å². The lowest BCUT2D eigenvalue weighted by atomic mass is 10.0. The highest BCUT2D eigenvalue weighted by atomic mass is 19.1. The van der Waals surface area contributed by atoms with Gasteiger partial charge in [-0.3, -0.25) is 4.79 Å². The van der Waals surface area contributed by atoms with Crippen molar-refractivity contribution in [1.82, 2.24) is 0 Å². The Kier molecular flexibility index (Phi) is 4.81. The van der Waals surface area contributed by atoms with E-state index in [1.165, 1.54) is 0 Å². The van der Waals surface area contributed by atoms with Crippen molar-refractivity contribution >= 4 is 11.6 Å². The minimum Gasteiger partial charge on any atom is -0.372 e. The molecule has 0 radical (unpaired) electrons. The number of anilines is 1. The van der Waals surface area contributed by atoms with Crippen LogP contribution in [0.5, 0.6) is 0 Å². The summed E-state index contributed by atoms with van der Waals surface area (Å²) in [6.07, 6.45) is 0.401. The number of carbonyl (C=O) groups is 1. The summed E-state index contributed by atoms with van der Waals surface area (Å²) in [4.78, 5) is 11.3. The van der Waals surface area contributed by atoms with Gasteiger partial charge in [-0.05, 0) is 18.4 Å². The number of nitrogens with zero attached hydrogens (tertiary/aromatic N) is 1. The van der Waals surface area contributed by atoms with Gasteiger partial charge in [0, 0.05) is 6.07 Å². The summed E-state index contributed by atoms with van der Waals surface area (Å²) < 4.78 is 26.6. The predicted molar refractivity (Wildman–Crippen MR) is 67.1 cm³/mol. The lowest BCUT2D eigenvalue weighted by molar-refractivity contribution is -0.119. The zero-order valence-electron chi connectivity index (χ0n) is 10.7. The maximum Gasteiger partial charge on any atom is 0.239 e. The Bertz CT molecular complexity index is 523. The molecule has 102 valence electrons. The largest absolute Gasteiger partial charge is 0.372 e. The monoisotopic (exact) mass is 267 g/mol. The lowest BCUT2D eigenvalue weighted by Gasteiger charge is -2.19. The molecule has 0 aliphatic rings. The molecule has 0 aliphatic carbocycles. The highest BCUT2D eigenvalue weighted by Gasteiger charge is 2.20. The average molecular weight is 267 g/mol. The molecule has 0 spiro atoms. The van der Waals surface area contributed by atoms with Crippen LogP contribution in [-0.2, 0) is 4.79 Å². The number of amides is 1. The van der Waals surface area contributed by atoms with E-state index in [0.29, 0.717) is 12.5 Å². The van der Waals surface area contributed by atoms with Crippen LogP contribution in [-0.4, -0.2) is 11.9 Å². The highest BCUT2D eigenvalue weighted by Crippen LogP contribution is 2.22. The van der Waals surface area contributed by atoms with Crippen LogP contribution in [0.25, 0.3) is 0 Å². The molecule has 1 aromatic rings. The molecule has 1 rings (SSSR count). The van der Waals surface area contributed by atoms with Gasteiger partial charge in [0.05, 0.1) is 5.69 Å². The number of hydrogen-bond acceptors (Lipinski definition) is 3. The molecule has 0 aromatic heterocycles. The van der Waals surface area contributed by atoms with E-state index in [9.17, 15) is 13.6 Å². The summed E-state index contributed by atoms with van der Waals surface area (Å²) in [7, 11) is 0. The summed E-state index contributed by atoms with van der Waals surface area (Å²) in [5.74, 6) is -2.28. The van der Waals surface area contributed by atoms with E-state index in [1.54, 1.807) is 6.07 Å². The van der Waals surface area contributed by atoms with E-state index in [-0.39, 0.29) is 17.2 Å².